The van der Waals surface area contributed by atoms with Crippen LogP contribution in [0.25, 0.3) is 0 Å². The van der Waals surface area contributed by atoms with Crippen molar-refractivity contribution in [3.63, 3.8) is 0 Å². The molecule has 6 aromatic rings. The predicted octanol–water partition coefficient (Wildman–Crippen LogP) is 8.78. The second kappa shape index (κ2) is 18.8. The van der Waals surface area contributed by atoms with Crippen molar-refractivity contribution in [1.29, 1.82) is 0 Å². The molecular weight excluding hydrogens is 865 g/mol. The summed E-state index contributed by atoms with van der Waals surface area (Å²) in [5, 5.41) is 0.492. The third-order valence-electron chi connectivity index (χ3n) is 12.0. The summed E-state index contributed by atoms with van der Waals surface area (Å²) in [5.74, 6) is 1.29. The van der Waals surface area contributed by atoms with Crippen LogP contribution < -0.4 is 18.9 Å². The Balaban J connectivity index is 0.000000158. The lowest BCUT2D eigenvalue weighted by molar-refractivity contribution is 0.0668. The fraction of sp³-hybridized carbons (Fsp3) is 0.364. The van der Waals surface area contributed by atoms with Crippen LogP contribution in [0.5, 0.6) is 11.5 Å². The number of hydrogen-bond donors (Lipinski definition) is 2. The van der Waals surface area contributed by atoms with E-state index in [1.54, 1.807) is 24.3 Å². The Morgan fingerprint density at radius 1 is 0.532 bits per heavy atom. The molecule has 14 nitrogen and oxygen atoms in total. The van der Waals surface area contributed by atoms with Gasteiger partial charge in [0.1, 0.15) is 24.2 Å². The van der Waals surface area contributed by atoms with Crippen LogP contribution in [0, 0.1) is 0 Å². The van der Waals surface area contributed by atoms with Crippen LogP contribution in [0.1, 0.15) is 97.8 Å². The van der Waals surface area contributed by atoms with Gasteiger partial charge in [0.2, 0.25) is 10.3 Å². The average molecular weight is 913 g/mol. The van der Waals surface area contributed by atoms with Gasteiger partial charge in [-0.1, -0.05) is 85.6 Å². The van der Waals surface area contributed by atoms with Crippen molar-refractivity contribution in [3.8, 4) is 11.5 Å². The number of aromatic nitrogens is 4. The number of piperidine rings is 2. The first-order chi connectivity index (χ1) is 30.2. The standard InChI is InChI=1S/2C22H24N4O3S2/c2*27-31(28,25-22-23-15-24-30-22)17-9-10-18-20(11-13-29-21(18)14-17)26-12-5-4-8-19(26)16-6-2-1-3-7-16/h2*1-3,6-7,9-10,14-15,19-20H,4-5,8,11-13H2,(H,23,24,25)/t19-,20+;19-,20-/m00/s1. The summed E-state index contributed by atoms with van der Waals surface area (Å²) in [4.78, 5) is 13.3. The van der Waals surface area contributed by atoms with E-state index in [9.17, 15) is 16.8 Å². The molecule has 10 rings (SSSR count). The molecule has 0 aliphatic carbocycles. The molecule has 2 saturated heterocycles. The van der Waals surface area contributed by atoms with Gasteiger partial charge in [0.05, 0.1) is 23.0 Å². The molecule has 4 aliphatic rings. The highest BCUT2D eigenvalue weighted by molar-refractivity contribution is 7.93. The number of nitrogens with one attached hydrogen (secondary N) is 2. The van der Waals surface area contributed by atoms with E-state index in [-0.39, 0.29) is 32.1 Å². The van der Waals surface area contributed by atoms with Crippen LogP contribution in [0.15, 0.2) is 120 Å². The molecule has 4 atom stereocenters. The Kier molecular flexibility index (Phi) is 12.8. The van der Waals surface area contributed by atoms with Crippen molar-refractivity contribution in [1.82, 2.24) is 28.5 Å². The normalized spacial score (nSPS) is 21.8. The van der Waals surface area contributed by atoms with Gasteiger partial charge in [0.25, 0.3) is 20.0 Å². The van der Waals surface area contributed by atoms with Crippen molar-refractivity contribution >= 4 is 53.4 Å². The second-order valence-electron chi connectivity index (χ2n) is 15.7. The van der Waals surface area contributed by atoms with Crippen molar-refractivity contribution in [2.75, 3.05) is 35.7 Å². The van der Waals surface area contributed by atoms with Gasteiger partial charge in [0.15, 0.2) is 0 Å². The van der Waals surface area contributed by atoms with Gasteiger partial charge < -0.3 is 9.47 Å². The molecule has 2 fully saturated rings. The van der Waals surface area contributed by atoms with Gasteiger partial charge in [-0.25, -0.2) is 26.8 Å². The zero-order valence-corrected chi connectivity index (χ0v) is 37.2. The second-order valence-corrected chi connectivity index (χ2v) is 20.7. The molecule has 62 heavy (non-hydrogen) atoms. The Hall–Kier alpha value is -4.98. The van der Waals surface area contributed by atoms with Crippen molar-refractivity contribution < 1.29 is 26.3 Å². The van der Waals surface area contributed by atoms with Crippen LogP contribution in [-0.2, 0) is 20.0 Å². The number of nitrogens with zero attached hydrogens (tertiary/aromatic N) is 6. The van der Waals surface area contributed by atoms with Crippen LogP contribution in [-0.4, -0.2) is 71.7 Å². The first kappa shape index (κ1) is 42.3. The van der Waals surface area contributed by atoms with E-state index in [4.69, 9.17) is 9.47 Å². The highest BCUT2D eigenvalue weighted by atomic mass is 32.2. The van der Waals surface area contributed by atoms with Gasteiger partial charge >= 0.3 is 0 Å². The topological polar surface area (TPSA) is 169 Å². The molecule has 324 valence electrons. The number of fused-ring (bicyclic) bond motifs is 2. The number of hydrogen-bond acceptors (Lipinski definition) is 14. The van der Waals surface area contributed by atoms with E-state index in [0.29, 0.717) is 36.8 Å². The highest BCUT2D eigenvalue weighted by Crippen LogP contribution is 2.46. The molecule has 0 saturated carbocycles. The summed E-state index contributed by atoms with van der Waals surface area (Å²) in [6, 6.07) is 32.9. The third-order valence-corrected chi connectivity index (χ3v) is 16.1. The smallest absolute Gasteiger partial charge is 0.263 e. The quantitative estimate of drug-likeness (QED) is 0.134. The lowest BCUT2D eigenvalue weighted by atomic mass is 9.90. The zero-order valence-electron chi connectivity index (χ0n) is 34.0. The number of rotatable bonds is 10. The molecule has 2 N–H and O–H groups in total. The Morgan fingerprint density at radius 2 is 0.968 bits per heavy atom. The van der Waals surface area contributed by atoms with E-state index in [1.165, 1.54) is 49.5 Å². The van der Waals surface area contributed by atoms with Gasteiger partial charge in [0, 0.05) is 83.3 Å². The van der Waals surface area contributed by atoms with E-state index in [1.807, 2.05) is 12.1 Å². The maximum Gasteiger partial charge on any atom is 0.263 e. The van der Waals surface area contributed by atoms with Crippen LogP contribution in [0.4, 0.5) is 10.3 Å². The minimum atomic E-state index is -3.75. The zero-order chi connectivity index (χ0) is 42.5. The SMILES string of the molecule is O=S(=O)(Nc1ncns1)c1ccc2c(c1)OCC[C@@H]2N1CCCC[C@H]1c1ccccc1.O=S(=O)(Nc1ncns1)c1ccc2c(c1)OCC[C@H]2N1CCCC[C@H]1c1ccccc1. The molecule has 0 bridgehead atoms. The van der Waals surface area contributed by atoms with Gasteiger partial charge in [-0.2, -0.15) is 8.75 Å². The summed E-state index contributed by atoms with van der Waals surface area (Å²) < 4.78 is 75.5. The van der Waals surface area contributed by atoms with E-state index in [0.717, 1.165) is 73.0 Å². The van der Waals surface area contributed by atoms with E-state index < -0.39 is 20.0 Å². The number of ether oxygens (including phenoxy) is 2. The van der Waals surface area contributed by atoms with Crippen molar-refractivity contribution in [2.24, 2.45) is 0 Å². The molecule has 0 radical (unpaired) electrons. The molecule has 0 unspecified atom stereocenters. The molecule has 0 spiro atoms. The van der Waals surface area contributed by atoms with Crippen LogP contribution in [0.3, 0.4) is 0 Å². The van der Waals surface area contributed by atoms with Gasteiger partial charge in [-0.05, 0) is 62.0 Å². The third kappa shape index (κ3) is 9.35. The Morgan fingerprint density at radius 3 is 1.37 bits per heavy atom. The maximum absolute atomic E-state index is 12.8. The van der Waals surface area contributed by atoms with Gasteiger partial charge in [-0.3, -0.25) is 19.2 Å². The predicted molar refractivity (Wildman–Crippen MR) is 240 cm³/mol. The first-order valence-electron chi connectivity index (χ1n) is 21.0. The minimum absolute atomic E-state index is 0.167. The summed E-state index contributed by atoms with van der Waals surface area (Å²) in [6.45, 7) is 3.21. The van der Waals surface area contributed by atoms with Crippen LogP contribution in [0.2, 0.25) is 0 Å². The summed E-state index contributed by atoms with van der Waals surface area (Å²) in [6.07, 6.45) is 11.5. The molecular formula is C44H48N8O6S4. The molecule has 4 aliphatic heterocycles. The fourth-order valence-electron chi connectivity index (χ4n) is 9.23. The molecule has 6 heterocycles. The first-order valence-corrected chi connectivity index (χ1v) is 25.5. The minimum Gasteiger partial charge on any atom is -0.493 e. The number of sulfonamides is 2. The fourth-order valence-corrected chi connectivity index (χ4v) is 12.6. The number of anilines is 2. The number of benzene rings is 4. The summed E-state index contributed by atoms with van der Waals surface area (Å²) >= 11 is 2.00. The summed E-state index contributed by atoms with van der Waals surface area (Å²) in [5.41, 5.74) is 4.80. The highest BCUT2D eigenvalue weighted by Gasteiger charge is 2.36. The summed E-state index contributed by atoms with van der Waals surface area (Å²) in [7, 11) is -7.50. The van der Waals surface area contributed by atoms with E-state index in [2.05, 4.69) is 98.6 Å². The van der Waals surface area contributed by atoms with E-state index >= 15 is 0 Å². The molecule has 0 amide bonds. The average Bonchev–Trinajstić information content (AvgIpc) is 4.03. The molecule has 4 aromatic carbocycles. The Labute approximate surface area is 370 Å². The number of likely N-dealkylation sites (tertiary alicyclic amines) is 2. The molecule has 2 aromatic heterocycles. The van der Waals surface area contributed by atoms with Crippen molar-refractivity contribution in [2.45, 2.75) is 85.3 Å². The lowest BCUT2D eigenvalue weighted by Gasteiger charge is -2.43. The largest absolute Gasteiger partial charge is 0.493 e. The van der Waals surface area contributed by atoms with Gasteiger partial charge in [-0.15, -0.1) is 0 Å². The maximum atomic E-state index is 12.8. The Bertz CT molecular complexity index is 2460. The van der Waals surface area contributed by atoms with Crippen LogP contribution >= 0.6 is 23.1 Å². The lowest BCUT2D eigenvalue weighted by Crippen LogP contribution is -2.38. The molecule has 18 heteroatoms. The monoisotopic (exact) mass is 912 g/mol. The van der Waals surface area contributed by atoms with Crippen molar-refractivity contribution in [3.05, 3.63) is 132 Å².